The van der Waals surface area contributed by atoms with Gasteiger partial charge in [-0.05, 0) is 40.5 Å². The molecule has 0 saturated carbocycles. The van der Waals surface area contributed by atoms with Crippen LogP contribution >= 0.6 is 0 Å². The van der Waals surface area contributed by atoms with Crippen molar-refractivity contribution >= 4 is 11.8 Å². The zero-order valence-electron chi connectivity index (χ0n) is 19.4. The quantitative estimate of drug-likeness (QED) is 0.402. The van der Waals surface area contributed by atoms with Crippen LogP contribution in [0.2, 0.25) is 0 Å². The topological polar surface area (TPSA) is 85.7 Å². The van der Waals surface area contributed by atoms with Crippen molar-refractivity contribution in [1.82, 2.24) is 15.4 Å². The van der Waals surface area contributed by atoms with E-state index in [-0.39, 0.29) is 5.84 Å². The number of rotatable bonds is 4. The van der Waals surface area contributed by atoms with Gasteiger partial charge >= 0.3 is 12.1 Å². The van der Waals surface area contributed by atoms with E-state index < -0.39 is 17.7 Å². The van der Waals surface area contributed by atoms with Crippen LogP contribution in [-0.4, -0.2) is 35.1 Å². The Morgan fingerprint density at radius 3 is 2.32 bits per heavy atom. The highest BCUT2D eigenvalue weighted by Crippen LogP contribution is 2.47. The van der Waals surface area contributed by atoms with Crippen molar-refractivity contribution in [2.75, 3.05) is 7.11 Å². The maximum Gasteiger partial charge on any atom is 0.493 e. The number of halogens is 3. The summed E-state index contributed by atoms with van der Waals surface area (Å²) in [4.78, 5) is 28.8. The van der Waals surface area contributed by atoms with E-state index in [1.807, 2.05) is 48.5 Å². The fourth-order valence-corrected chi connectivity index (χ4v) is 4.33. The van der Waals surface area contributed by atoms with Gasteiger partial charge in [-0.1, -0.05) is 54.6 Å². The molecule has 37 heavy (non-hydrogen) atoms. The molecular formula is C27H19F3N4O3. The Morgan fingerprint density at radius 2 is 1.62 bits per heavy atom. The van der Waals surface area contributed by atoms with Gasteiger partial charge in [0.2, 0.25) is 0 Å². The Morgan fingerprint density at radius 1 is 0.892 bits per heavy atom. The largest absolute Gasteiger partial charge is 0.497 e. The lowest BCUT2D eigenvalue weighted by molar-refractivity contribution is -0.203. The maximum absolute atomic E-state index is 12.8. The number of methoxy groups -OCH3 is 1. The summed E-state index contributed by atoms with van der Waals surface area (Å²) < 4.78 is 43.7. The van der Waals surface area contributed by atoms with Crippen molar-refractivity contribution in [2.45, 2.75) is 11.7 Å². The average Bonchev–Trinajstić information content (AvgIpc) is 3.27. The molecule has 1 atom stereocenters. The molecule has 186 valence electrons. The molecule has 0 amide bonds. The van der Waals surface area contributed by atoms with Gasteiger partial charge in [0.25, 0.3) is 0 Å². The van der Waals surface area contributed by atoms with Gasteiger partial charge in [0, 0.05) is 23.5 Å². The number of ether oxygens (including phenoxy) is 1. The first-order valence-electron chi connectivity index (χ1n) is 11.1. The van der Waals surface area contributed by atoms with Crippen LogP contribution in [0.4, 0.5) is 13.2 Å². The molecule has 1 aliphatic heterocycles. The Labute approximate surface area is 209 Å². The van der Waals surface area contributed by atoms with E-state index in [1.165, 1.54) is 6.33 Å². The monoisotopic (exact) mass is 504 g/mol. The summed E-state index contributed by atoms with van der Waals surface area (Å²) in [5, 5.41) is 0. The molecule has 1 N–H and O–H groups in total. The second-order valence-electron chi connectivity index (χ2n) is 8.14. The van der Waals surface area contributed by atoms with E-state index >= 15 is 0 Å². The summed E-state index contributed by atoms with van der Waals surface area (Å²) in [6.07, 6.45) is -0.363. The van der Waals surface area contributed by atoms with Gasteiger partial charge in [0.1, 0.15) is 17.6 Å². The van der Waals surface area contributed by atoms with Crippen LogP contribution in [0.25, 0.3) is 11.1 Å². The number of carbonyl (C=O) groups is 1. The van der Waals surface area contributed by atoms with Gasteiger partial charge in [-0.15, -0.1) is 0 Å². The first-order valence-corrected chi connectivity index (χ1v) is 11.1. The molecule has 3 aromatic carbocycles. The summed E-state index contributed by atoms with van der Waals surface area (Å²) in [6, 6.07) is 21.9. The summed E-state index contributed by atoms with van der Waals surface area (Å²) in [5.41, 5.74) is 5.19. The number of carbonyl (C=O) groups excluding carboxylic acids is 1. The molecule has 0 saturated heterocycles. The number of aliphatic imine (C=N–C) groups is 1. The number of hydrogen-bond acceptors (Lipinski definition) is 7. The minimum atomic E-state index is -5.16. The summed E-state index contributed by atoms with van der Waals surface area (Å²) in [7, 11) is 1.55. The Balaban J connectivity index is 1.70. The lowest BCUT2D eigenvalue weighted by Gasteiger charge is -2.29. The molecule has 10 heteroatoms. The van der Waals surface area contributed by atoms with Crippen LogP contribution < -0.4 is 10.2 Å². The normalized spacial score (nSPS) is 16.5. The second-order valence-corrected chi connectivity index (χ2v) is 8.14. The smallest absolute Gasteiger partial charge is 0.493 e. The number of hydrogen-bond donors (Lipinski definition) is 1. The minimum Gasteiger partial charge on any atom is -0.497 e. The number of nitrogens with one attached hydrogen (secondary N) is 1. The Hall–Kier alpha value is -4.73. The van der Waals surface area contributed by atoms with Gasteiger partial charge < -0.3 is 9.57 Å². The molecule has 0 spiro atoms. The van der Waals surface area contributed by atoms with Crippen LogP contribution in [0, 0.1) is 0 Å². The zero-order chi connectivity index (χ0) is 26.0. The second kappa shape index (κ2) is 9.38. The summed E-state index contributed by atoms with van der Waals surface area (Å²) in [6.45, 7) is 0. The van der Waals surface area contributed by atoms with E-state index in [0.717, 1.165) is 22.3 Å². The van der Waals surface area contributed by atoms with E-state index in [1.54, 1.807) is 43.8 Å². The minimum absolute atomic E-state index is 0.0162. The molecule has 4 aromatic rings. The molecular weight excluding hydrogens is 485 g/mol. The number of hydroxylamine groups is 1. The van der Waals surface area contributed by atoms with Crippen molar-refractivity contribution < 1.29 is 27.5 Å². The highest BCUT2D eigenvalue weighted by Gasteiger charge is 2.45. The van der Waals surface area contributed by atoms with Gasteiger partial charge in [-0.2, -0.15) is 18.7 Å². The molecule has 0 aliphatic carbocycles. The van der Waals surface area contributed by atoms with Crippen LogP contribution in [0.1, 0.15) is 22.3 Å². The molecule has 1 aromatic heterocycles. The zero-order valence-corrected chi connectivity index (χ0v) is 19.4. The molecule has 0 radical (unpaired) electrons. The SMILES string of the molecule is COc1ccc(C2(c3cccc(-c4cncnc4)c3)N=C(NOC(=O)C(F)(F)F)c3ccccc32)cc1. The van der Waals surface area contributed by atoms with E-state index in [2.05, 4.69) is 20.3 Å². The fraction of sp³-hybridized carbons (Fsp3) is 0.111. The molecule has 0 fully saturated rings. The predicted molar refractivity (Wildman–Crippen MR) is 129 cm³/mol. The molecule has 0 bridgehead atoms. The van der Waals surface area contributed by atoms with Gasteiger partial charge in [0.15, 0.2) is 5.84 Å². The van der Waals surface area contributed by atoms with Crippen molar-refractivity contribution in [3.05, 3.63) is 114 Å². The maximum atomic E-state index is 12.8. The highest BCUT2D eigenvalue weighted by atomic mass is 19.4. The standard InChI is InChI=1S/C27H19F3N4O3/c1-36-21-11-9-19(10-12-21)26(20-6-4-5-17(13-20)18-14-31-16-32-15-18)23-8-3-2-7-22(23)24(33-26)34-37-25(35)27(28,29)30/h2-16H,1H3,(H,33,34). The van der Waals surface area contributed by atoms with Crippen molar-refractivity contribution in [2.24, 2.45) is 4.99 Å². The Kier molecular flexibility index (Phi) is 6.08. The summed E-state index contributed by atoms with van der Waals surface area (Å²) >= 11 is 0. The highest BCUT2D eigenvalue weighted by molar-refractivity contribution is 6.04. The van der Waals surface area contributed by atoms with Gasteiger partial charge in [0.05, 0.1) is 7.11 Å². The van der Waals surface area contributed by atoms with Crippen LogP contribution in [-0.2, 0) is 15.2 Å². The van der Waals surface area contributed by atoms with Crippen molar-refractivity contribution in [3.63, 3.8) is 0 Å². The molecule has 1 unspecified atom stereocenters. The number of benzene rings is 3. The van der Waals surface area contributed by atoms with E-state index in [0.29, 0.717) is 16.9 Å². The third-order valence-electron chi connectivity index (χ3n) is 6.01. The number of nitrogens with zero attached hydrogens (tertiary/aromatic N) is 3. The number of fused-ring (bicyclic) bond motifs is 1. The predicted octanol–water partition coefficient (Wildman–Crippen LogP) is 4.81. The van der Waals surface area contributed by atoms with Crippen LogP contribution in [0.15, 0.2) is 96.5 Å². The van der Waals surface area contributed by atoms with Crippen LogP contribution in [0.5, 0.6) is 5.75 Å². The van der Waals surface area contributed by atoms with Crippen LogP contribution in [0.3, 0.4) is 0 Å². The Bertz CT molecular complexity index is 1470. The molecule has 7 nitrogen and oxygen atoms in total. The fourth-order valence-electron chi connectivity index (χ4n) is 4.33. The first-order chi connectivity index (χ1) is 17.8. The van der Waals surface area contributed by atoms with Gasteiger partial charge in [-0.3, -0.25) is 0 Å². The third-order valence-corrected chi connectivity index (χ3v) is 6.01. The lowest BCUT2D eigenvalue weighted by atomic mass is 9.77. The average molecular weight is 504 g/mol. The first kappa shape index (κ1) is 24.0. The van der Waals surface area contributed by atoms with E-state index in [9.17, 15) is 18.0 Å². The lowest BCUT2D eigenvalue weighted by Crippen LogP contribution is -2.34. The van der Waals surface area contributed by atoms with Gasteiger partial charge in [-0.25, -0.2) is 19.8 Å². The number of alkyl halides is 3. The third kappa shape index (κ3) is 4.37. The van der Waals surface area contributed by atoms with E-state index in [4.69, 9.17) is 9.73 Å². The van der Waals surface area contributed by atoms with Crippen molar-refractivity contribution in [3.8, 4) is 16.9 Å². The summed E-state index contributed by atoms with van der Waals surface area (Å²) in [5.74, 6) is -1.76. The molecule has 5 rings (SSSR count). The number of aromatic nitrogens is 2. The molecule has 1 aliphatic rings. The molecule has 2 heterocycles. The number of amidine groups is 1. The van der Waals surface area contributed by atoms with Crippen molar-refractivity contribution in [1.29, 1.82) is 0 Å².